The number of hydrogen-bond donors (Lipinski definition) is 0. The van der Waals surface area contributed by atoms with Gasteiger partial charge in [0.2, 0.25) is 0 Å². The maximum Gasteiger partial charge on any atom is 0.183 e. The summed E-state index contributed by atoms with van der Waals surface area (Å²) in [6, 6.07) is 6.10. The van der Waals surface area contributed by atoms with Crippen molar-refractivity contribution in [3.8, 4) is 0 Å². The standard InChI is InChI=1S/C12H9ClFN5/c1-7(8-2-4-9(14)5-3-8)19-12-10(17-18-19)11(13)15-6-16-12/h2-7H,1H3/t7-/m0/s1. The van der Waals surface area contributed by atoms with Crippen LogP contribution in [0.4, 0.5) is 4.39 Å². The third-order valence-electron chi connectivity index (χ3n) is 2.94. The molecule has 0 saturated carbocycles. The molecule has 3 rings (SSSR count). The molecular weight excluding hydrogens is 269 g/mol. The summed E-state index contributed by atoms with van der Waals surface area (Å²) >= 11 is 5.93. The lowest BCUT2D eigenvalue weighted by Crippen LogP contribution is -2.09. The Hall–Kier alpha value is -2.08. The van der Waals surface area contributed by atoms with Crippen molar-refractivity contribution >= 4 is 22.8 Å². The molecule has 5 nitrogen and oxygen atoms in total. The molecule has 0 bridgehead atoms. The number of rotatable bonds is 2. The second-order valence-electron chi connectivity index (χ2n) is 4.10. The van der Waals surface area contributed by atoms with Crippen LogP contribution in [0.25, 0.3) is 11.2 Å². The van der Waals surface area contributed by atoms with Crippen LogP contribution in [-0.4, -0.2) is 25.0 Å². The van der Waals surface area contributed by atoms with E-state index in [1.54, 1.807) is 16.8 Å². The summed E-state index contributed by atoms with van der Waals surface area (Å²) in [6.07, 6.45) is 1.36. The van der Waals surface area contributed by atoms with Crippen molar-refractivity contribution < 1.29 is 4.39 Å². The maximum atomic E-state index is 12.9. The molecule has 0 aliphatic heterocycles. The van der Waals surface area contributed by atoms with Gasteiger partial charge in [0.15, 0.2) is 16.3 Å². The smallest absolute Gasteiger partial charge is 0.183 e. The average molecular weight is 278 g/mol. The lowest BCUT2D eigenvalue weighted by atomic mass is 10.1. The van der Waals surface area contributed by atoms with Crippen LogP contribution in [0, 0.1) is 5.82 Å². The molecule has 0 aliphatic carbocycles. The Balaban J connectivity index is 2.09. The third kappa shape index (κ3) is 2.04. The van der Waals surface area contributed by atoms with Crippen LogP contribution in [0.2, 0.25) is 5.15 Å². The van der Waals surface area contributed by atoms with Gasteiger partial charge < -0.3 is 0 Å². The van der Waals surface area contributed by atoms with Crippen LogP contribution >= 0.6 is 11.6 Å². The molecule has 2 aromatic heterocycles. The van der Waals surface area contributed by atoms with Gasteiger partial charge in [0, 0.05) is 0 Å². The topological polar surface area (TPSA) is 56.5 Å². The zero-order chi connectivity index (χ0) is 13.4. The van der Waals surface area contributed by atoms with Crippen LogP contribution < -0.4 is 0 Å². The maximum absolute atomic E-state index is 12.9. The molecule has 96 valence electrons. The summed E-state index contributed by atoms with van der Waals surface area (Å²) in [5, 5.41) is 8.27. The fraction of sp³-hybridized carbons (Fsp3) is 0.167. The van der Waals surface area contributed by atoms with Gasteiger partial charge in [-0.05, 0) is 24.6 Å². The molecule has 0 N–H and O–H groups in total. The molecule has 0 radical (unpaired) electrons. The number of nitrogens with zero attached hydrogens (tertiary/aromatic N) is 5. The van der Waals surface area contributed by atoms with E-state index in [2.05, 4.69) is 20.3 Å². The summed E-state index contributed by atoms with van der Waals surface area (Å²) in [5.74, 6) is -0.273. The van der Waals surface area contributed by atoms with E-state index in [0.29, 0.717) is 11.2 Å². The Morgan fingerprint density at radius 3 is 2.68 bits per heavy atom. The van der Waals surface area contributed by atoms with Gasteiger partial charge in [-0.2, -0.15) is 0 Å². The van der Waals surface area contributed by atoms with Gasteiger partial charge in [-0.3, -0.25) is 0 Å². The van der Waals surface area contributed by atoms with E-state index in [1.165, 1.54) is 18.5 Å². The molecule has 1 atom stereocenters. The summed E-state index contributed by atoms with van der Waals surface area (Å²) in [5.41, 5.74) is 1.91. The fourth-order valence-corrected chi connectivity index (χ4v) is 2.05. The van der Waals surface area contributed by atoms with Gasteiger partial charge in [-0.25, -0.2) is 19.0 Å². The molecule has 0 fully saturated rings. The van der Waals surface area contributed by atoms with Crippen LogP contribution in [0.3, 0.4) is 0 Å². The van der Waals surface area contributed by atoms with Gasteiger partial charge in [-0.1, -0.05) is 28.9 Å². The van der Waals surface area contributed by atoms with Gasteiger partial charge in [0.25, 0.3) is 0 Å². The van der Waals surface area contributed by atoms with Crippen LogP contribution in [-0.2, 0) is 0 Å². The molecule has 2 heterocycles. The molecule has 1 aromatic carbocycles. The minimum absolute atomic E-state index is 0.128. The molecule has 7 heteroatoms. The summed E-state index contributed by atoms with van der Waals surface area (Å²) in [7, 11) is 0. The normalized spacial score (nSPS) is 12.8. The minimum atomic E-state index is -0.273. The van der Waals surface area contributed by atoms with Gasteiger partial charge in [-0.15, -0.1) is 5.10 Å². The lowest BCUT2D eigenvalue weighted by molar-refractivity contribution is 0.553. The Morgan fingerprint density at radius 2 is 1.95 bits per heavy atom. The SMILES string of the molecule is C[C@@H](c1ccc(F)cc1)n1nnc2c(Cl)ncnc21. The predicted octanol–water partition coefficient (Wildman–Crippen LogP) is 2.62. The Morgan fingerprint density at radius 1 is 1.21 bits per heavy atom. The highest BCUT2D eigenvalue weighted by Crippen LogP contribution is 2.23. The minimum Gasteiger partial charge on any atom is -0.222 e. The van der Waals surface area contributed by atoms with Crippen LogP contribution in [0.1, 0.15) is 18.5 Å². The Kier molecular flexibility index (Phi) is 2.87. The zero-order valence-corrected chi connectivity index (χ0v) is 10.7. The highest BCUT2D eigenvalue weighted by atomic mass is 35.5. The number of fused-ring (bicyclic) bond motifs is 1. The van der Waals surface area contributed by atoms with E-state index >= 15 is 0 Å². The fourth-order valence-electron chi connectivity index (χ4n) is 1.88. The average Bonchev–Trinajstić information content (AvgIpc) is 2.84. The van der Waals surface area contributed by atoms with Crippen molar-refractivity contribution in [2.24, 2.45) is 0 Å². The second-order valence-corrected chi connectivity index (χ2v) is 4.46. The molecule has 0 unspecified atom stereocenters. The lowest BCUT2D eigenvalue weighted by Gasteiger charge is -2.12. The molecule has 0 spiro atoms. The van der Waals surface area contributed by atoms with Crippen molar-refractivity contribution in [2.75, 3.05) is 0 Å². The second kappa shape index (κ2) is 4.55. The van der Waals surface area contributed by atoms with Gasteiger partial charge in [0.05, 0.1) is 6.04 Å². The van der Waals surface area contributed by atoms with E-state index in [9.17, 15) is 4.39 Å². The first kappa shape index (κ1) is 12.0. The Labute approximate surface area is 113 Å². The molecule has 0 amide bonds. The van der Waals surface area contributed by atoms with Gasteiger partial charge in [0.1, 0.15) is 12.1 Å². The van der Waals surface area contributed by atoms with E-state index in [1.807, 2.05) is 6.92 Å². The van der Waals surface area contributed by atoms with Crippen LogP contribution in [0.15, 0.2) is 30.6 Å². The van der Waals surface area contributed by atoms with E-state index in [4.69, 9.17) is 11.6 Å². The first-order valence-corrected chi connectivity index (χ1v) is 6.01. The van der Waals surface area contributed by atoms with Crippen molar-refractivity contribution in [1.82, 2.24) is 25.0 Å². The van der Waals surface area contributed by atoms with Crippen molar-refractivity contribution in [2.45, 2.75) is 13.0 Å². The Bertz CT molecular complexity index is 725. The van der Waals surface area contributed by atoms with Crippen LogP contribution in [0.5, 0.6) is 0 Å². The van der Waals surface area contributed by atoms with E-state index in [-0.39, 0.29) is 17.0 Å². The highest BCUT2D eigenvalue weighted by Gasteiger charge is 2.16. The largest absolute Gasteiger partial charge is 0.222 e. The van der Waals surface area contributed by atoms with Crippen molar-refractivity contribution in [3.05, 3.63) is 47.1 Å². The number of hydrogen-bond acceptors (Lipinski definition) is 4. The highest BCUT2D eigenvalue weighted by molar-refractivity contribution is 6.33. The van der Waals surface area contributed by atoms with Crippen molar-refractivity contribution in [1.29, 1.82) is 0 Å². The van der Waals surface area contributed by atoms with E-state index in [0.717, 1.165) is 5.56 Å². The molecule has 3 aromatic rings. The summed E-state index contributed by atoms with van der Waals surface area (Å²) in [4.78, 5) is 7.99. The molecule has 0 saturated heterocycles. The number of benzene rings is 1. The first-order chi connectivity index (χ1) is 9.16. The number of halogens is 2. The summed E-state index contributed by atoms with van der Waals surface area (Å²) < 4.78 is 14.6. The monoisotopic (exact) mass is 277 g/mol. The zero-order valence-electron chi connectivity index (χ0n) is 9.96. The predicted molar refractivity (Wildman–Crippen MR) is 68.3 cm³/mol. The molecule has 0 aliphatic rings. The third-order valence-corrected chi connectivity index (χ3v) is 3.21. The molecular formula is C12H9ClFN5. The van der Waals surface area contributed by atoms with E-state index < -0.39 is 0 Å². The van der Waals surface area contributed by atoms with Gasteiger partial charge >= 0.3 is 0 Å². The first-order valence-electron chi connectivity index (χ1n) is 5.63. The molecule has 19 heavy (non-hydrogen) atoms. The summed E-state index contributed by atoms with van der Waals surface area (Å²) in [6.45, 7) is 1.93. The quantitative estimate of drug-likeness (QED) is 0.676. The number of aromatic nitrogens is 5. The van der Waals surface area contributed by atoms with Crippen molar-refractivity contribution in [3.63, 3.8) is 0 Å².